The number of carbonyl (C=O) groups excluding carboxylic acids is 2. The van der Waals surface area contributed by atoms with E-state index in [1.54, 1.807) is 13.8 Å². The van der Waals surface area contributed by atoms with Gasteiger partial charge in [0.1, 0.15) is 5.78 Å². The molecule has 0 aliphatic heterocycles. The molecule has 0 saturated carbocycles. The van der Waals surface area contributed by atoms with Gasteiger partial charge < -0.3 is 20.1 Å². The molecule has 0 aliphatic carbocycles. The summed E-state index contributed by atoms with van der Waals surface area (Å²) in [6, 6.07) is 0. The molecule has 0 rings (SSSR count). The standard InChI is InChI=1S/C12H22NO7P/c1-5-20-11(17)12(10(15)16,6-7(2)3)9(21(18)19)13-8(4)14/h7,9,21H,5-6H2,1-4H3,(H,13,14)(H,15,16)(H,18,19)/t9-,12?/m1/s1. The van der Waals surface area contributed by atoms with Gasteiger partial charge in [-0.3, -0.25) is 18.9 Å². The molecule has 9 heteroatoms. The first-order chi connectivity index (χ1) is 9.59. The van der Waals surface area contributed by atoms with Crippen molar-refractivity contribution < 1.29 is 33.7 Å². The zero-order valence-electron chi connectivity index (χ0n) is 12.5. The molecule has 0 aromatic carbocycles. The molecule has 1 amide bonds. The summed E-state index contributed by atoms with van der Waals surface area (Å²) in [5, 5.41) is 11.6. The minimum atomic E-state index is -3.54. The van der Waals surface area contributed by atoms with Crippen LogP contribution in [0.4, 0.5) is 0 Å². The highest BCUT2D eigenvalue weighted by atomic mass is 31.1. The van der Waals surface area contributed by atoms with Crippen molar-refractivity contribution in [3.05, 3.63) is 0 Å². The fourth-order valence-electron chi connectivity index (χ4n) is 2.12. The van der Waals surface area contributed by atoms with Gasteiger partial charge in [-0.1, -0.05) is 13.8 Å². The first-order valence-electron chi connectivity index (χ1n) is 6.50. The summed E-state index contributed by atoms with van der Waals surface area (Å²) < 4.78 is 16.4. The Morgan fingerprint density at radius 3 is 2.14 bits per heavy atom. The van der Waals surface area contributed by atoms with Crippen LogP contribution < -0.4 is 5.32 Å². The van der Waals surface area contributed by atoms with Crippen molar-refractivity contribution in [2.45, 2.75) is 39.9 Å². The summed E-state index contributed by atoms with van der Waals surface area (Å²) in [4.78, 5) is 44.5. The molecule has 0 spiro atoms. The molecule has 0 heterocycles. The Kier molecular flexibility index (Phi) is 7.60. The van der Waals surface area contributed by atoms with E-state index in [0.29, 0.717) is 0 Å². The smallest absolute Gasteiger partial charge is 0.326 e. The molecule has 0 aromatic rings. The van der Waals surface area contributed by atoms with E-state index >= 15 is 0 Å². The Morgan fingerprint density at radius 2 is 1.86 bits per heavy atom. The predicted octanol–water partition coefficient (Wildman–Crippen LogP) is 0.596. The summed E-state index contributed by atoms with van der Waals surface area (Å²) in [5.41, 5.74) is -2.29. The molecular weight excluding hydrogens is 301 g/mol. The Labute approximate surface area is 123 Å². The molecule has 0 fully saturated rings. The van der Waals surface area contributed by atoms with Crippen LogP contribution in [0.25, 0.3) is 0 Å². The van der Waals surface area contributed by atoms with Gasteiger partial charge in [-0.05, 0) is 19.3 Å². The van der Waals surface area contributed by atoms with Crippen molar-refractivity contribution in [3.63, 3.8) is 0 Å². The summed E-state index contributed by atoms with van der Waals surface area (Å²) in [6.45, 7) is 5.82. The highest BCUT2D eigenvalue weighted by molar-refractivity contribution is 7.39. The molecule has 0 aliphatic rings. The summed E-state index contributed by atoms with van der Waals surface area (Å²) in [6.07, 6.45) is -0.233. The van der Waals surface area contributed by atoms with Gasteiger partial charge in [0.25, 0.3) is 0 Å². The number of rotatable bonds is 8. The maximum absolute atomic E-state index is 12.2. The molecular formula is C12H22NO7P. The number of carboxylic acids is 1. The molecule has 8 nitrogen and oxygen atoms in total. The Bertz CT molecular complexity index is 437. The van der Waals surface area contributed by atoms with Gasteiger partial charge >= 0.3 is 11.9 Å². The third-order valence-electron chi connectivity index (χ3n) is 2.84. The van der Waals surface area contributed by atoms with E-state index in [1.807, 2.05) is 0 Å². The van der Waals surface area contributed by atoms with Crippen LogP contribution >= 0.6 is 8.03 Å². The van der Waals surface area contributed by atoms with E-state index in [0.717, 1.165) is 6.92 Å². The Balaban J connectivity index is 6.02. The lowest BCUT2D eigenvalue weighted by molar-refractivity contribution is -0.171. The fraction of sp³-hybridized carbons (Fsp3) is 0.750. The average Bonchev–Trinajstić information content (AvgIpc) is 2.32. The van der Waals surface area contributed by atoms with Crippen molar-refractivity contribution in [2.75, 3.05) is 6.61 Å². The molecule has 0 radical (unpaired) electrons. The maximum Gasteiger partial charge on any atom is 0.326 e. The molecule has 3 atom stereocenters. The van der Waals surface area contributed by atoms with Crippen molar-refractivity contribution in [3.8, 4) is 0 Å². The van der Waals surface area contributed by atoms with Crippen LogP contribution in [-0.4, -0.2) is 40.2 Å². The van der Waals surface area contributed by atoms with Crippen LogP contribution in [0.15, 0.2) is 0 Å². The van der Waals surface area contributed by atoms with Crippen LogP contribution in [0, 0.1) is 11.3 Å². The Morgan fingerprint density at radius 1 is 1.33 bits per heavy atom. The molecule has 0 saturated heterocycles. The van der Waals surface area contributed by atoms with Crippen LogP contribution in [0.3, 0.4) is 0 Å². The van der Waals surface area contributed by atoms with Gasteiger partial charge in [0.2, 0.25) is 13.9 Å². The maximum atomic E-state index is 12.2. The first kappa shape index (κ1) is 19.6. The summed E-state index contributed by atoms with van der Waals surface area (Å²) in [5.74, 6) is -5.42. The SMILES string of the molecule is CCOC(=O)C(CC(C)C)(C(=O)O)[C@H](NC(C)=O)[PH](=O)O. The quantitative estimate of drug-likeness (QED) is 0.338. The zero-order chi connectivity index (χ0) is 16.8. The second kappa shape index (κ2) is 8.14. The van der Waals surface area contributed by atoms with Gasteiger partial charge in [-0.25, -0.2) is 0 Å². The number of nitrogens with one attached hydrogen (secondary N) is 1. The van der Waals surface area contributed by atoms with Gasteiger partial charge in [-0.2, -0.15) is 0 Å². The average molecular weight is 323 g/mol. The lowest BCUT2D eigenvalue weighted by Crippen LogP contribution is -2.55. The van der Waals surface area contributed by atoms with Crippen molar-refractivity contribution in [2.24, 2.45) is 11.3 Å². The third kappa shape index (κ3) is 4.82. The van der Waals surface area contributed by atoms with Crippen LogP contribution in [0.1, 0.15) is 34.1 Å². The van der Waals surface area contributed by atoms with Crippen LogP contribution in [-0.2, 0) is 23.7 Å². The van der Waals surface area contributed by atoms with E-state index < -0.39 is 37.1 Å². The molecule has 2 unspecified atom stereocenters. The number of carbonyl (C=O) groups is 3. The van der Waals surface area contributed by atoms with E-state index in [2.05, 4.69) is 5.32 Å². The third-order valence-corrected chi connectivity index (χ3v) is 3.97. The fourth-order valence-corrected chi connectivity index (χ4v) is 3.23. The van der Waals surface area contributed by atoms with Crippen molar-refractivity contribution in [1.82, 2.24) is 5.32 Å². The van der Waals surface area contributed by atoms with Gasteiger partial charge in [0.05, 0.1) is 6.61 Å². The number of carboxylic acid groups (broad SMARTS) is 1. The lowest BCUT2D eigenvalue weighted by atomic mass is 9.79. The number of amides is 1. The first-order valence-corrected chi connectivity index (χ1v) is 7.93. The monoisotopic (exact) mass is 323 g/mol. The van der Waals surface area contributed by atoms with Crippen molar-refractivity contribution >= 4 is 25.9 Å². The van der Waals surface area contributed by atoms with Gasteiger partial charge in [-0.15, -0.1) is 0 Å². The van der Waals surface area contributed by atoms with E-state index in [1.165, 1.54) is 6.92 Å². The number of hydrogen-bond acceptors (Lipinski definition) is 5. The molecule has 122 valence electrons. The number of esters is 1. The van der Waals surface area contributed by atoms with Crippen LogP contribution in [0.2, 0.25) is 0 Å². The normalized spacial score (nSPS) is 16.7. The molecule has 0 aromatic heterocycles. The van der Waals surface area contributed by atoms with Crippen LogP contribution in [0.5, 0.6) is 0 Å². The number of ether oxygens (including phenoxy) is 1. The van der Waals surface area contributed by atoms with Gasteiger partial charge in [0.15, 0.2) is 5.41 Å². The van der Waals surface area contributed by atoms with E-state index in [-0.39, 0.29) is 18.9 Å². The minimum absolute atomic E-state index is 0.0783. The van der Waals surface area contributed by atoms with E-state index in [4.69, 9.17) is 4.74 Å². The number of aliphatic carboxylic acids is 1. The zero-order valence-corrected chi connectivity index (χ0v) is 13.5. The highest BCUT2D eigenvalue weighted by Crippen LogP contribution is 2.42. The number of hydrogen-bond donors (Lipinski definition) is 3. The van der Waals surface area contributed by atoms with E-state index in [9.17, 15) is 28.9 Å². The lowest BCUT2D eigenvalue weighted by Gasteiger charge is -2.34. The second-order valence-corrected chi connectivity index (χ2v) is 6.32. The topological polar surface area (TPSA) is 130 Å². The largest absolute Gasteiger partial charge is 0.480 e. The van der Waals surface area contributed by atoms with Crippen molar-refractivity contribution in [1.29, 1.82) is 0 Å². The summed E-state index contributed by atoms with van der Waals surface area (Å²) in [7, 11) is -3.54. The summed E-state index contributed by atoms with van der Waals surface area (Å²) >= 11 is 0. The Hall–Kier alpha value is -1.40. The second-order valence-electron chi connectivity index (χ2n) is 5.07. The predicted molar refractivity (Wildman–Crippen MR) is 75.0 cm³/mol. The van der Waals surface area contributed by atoms with Gasteiger partial charge in [0, 0.05) is 6.92 Å². The molecule has 3 N–H and O–H groups in total. The minimum Gasteiger partial charge on any atom is -0.480 e. The molecule has 0 bridgehead atoms. The molecule has 21 heavy (non-hydrogen) atoms. The highest BCUT2D eigenvalue weighted by Gasteiger charge is 2.57.